The maximum absolute atomic E-state index is 11.8. The van der Waals surface area contributed by atoms with Gasteiger partial charge in [-0.2, -0.15) is 0 Å². The van der Waals surface area contributed by atoms with Gasteiger partial charge in [0.05, 0.1) is 0 Å². The van der Waals surface area contributed by atoms with E-state index in [9.17, 15) is 9.59 Å². The minimum atomic E-state index is -0.249. The molecule has 0 N–H and O–H groups in total. The Kier molecular flexibility index (Phi) is 12.9. The third kappa shape index (κ3) is 9.67. The van der Waals surface area contributed by atoms with Crippen molar-refractivity contribution in [2.45, 2.75) is 38.5 Å². The van der Waals surface area contributed by atoms with Crippen LogP contribution < -0.4 is 0 Å². The molecule has 9 heteroatoms. The summed E-state index contributed by atoms with van der Waals surface area (Å²) in [5.41, 5.74) is 1.18. The summed E-state index contributed by atoms with van der Waals surface area (Å²) >= 11 is 10.4. The number of rotatable bonds is 2. The molecule has 0 radical (unpaired) electrons. The van der Waals surface area contributed by atoms with E-state index >= 15 is 0 Å². The zero-order valence-corrected chi connectivity index (χ0v) is 22.2. The Morgan fingerprint density at radius 1 is 0.571 bits per heavy atom. The van der Waals surface area contributed by atoms with Gasteiger partial charge in [-0.25, -0.2) is 9.98 Å². The Labute approximate surface area is 229 Å². The molecular formula is C26H30N4NiO2S2. The normalized spacial score (nSPS) is 16.5. The molecule has 0 saturated carbocycles. The first-order chi connectivity index (χ1) is 16.5. The standard InChI is InChI=1S/2C13H16N2OS.Ni/c2*16-12(11-7-3-1-4-8-11)14-13(17)15-9-5-2-6-10-15;/h2*1,3-4,7-8H,2,5-6,9-10H2,(H,14,16,17);/q;;+2/p-2. The van der Waals surface area contributed by atoms with E-state index in [1.54, 1.807) is 24.3 Å². The minimum Gasteiger partial charge on any atom is -0.742 e. The van der Waals surface area contributed by atoms with Gasteiger partial charge < -0.3 is 35.1 Å². The third-order valence-corrected chi connectivity index (χ3v) is 6.39. The SMILES string of the molecule is O=C(N=C([S-])N1CCCCC1)c1ccccc1.O=C(N=C([S-])N1CCCCC1)c1ccccc1.[Ni+2]. The van der Waals surface area contributed by atoms with Gasteiger partial charge in [0.1, 0.15) is 0 Å². The number of hydrogen-bond acceptors (Lipinski definition) is 4. The van der Waals surface area contributed by atoms with Crippen molar-refractivity contribution in [2.75, 3.05) is 26.2 Å². The van der Waals surface area contributed by atoms with E-state index in [4.69, 9.17) is 25.3 Å². The number of carbonyl (C=O) groups excluding carboxylic acids is 2. The van der Waals surface area contributed by atoms with Crippen LogP contribution in [0.1, 0.15) is 59.2 Å². The minimum absolute atomic E-state index is 0. The summed E-state index contributed by atoms with van der Waals surface area (Å²) in [6, 6.07) is 18.1. The summed E-state index contributed by atoms with van der Waals surface area (Å²) in [6.45, 7) is 3.68. The van der Waals surface area contributed by atoms with Crippen molar-refractivity contribution in [3.63, 3.8) is 0 Å². The van der Waals surface area contributed by atoms with Crippen molar-refractivity contribution in [1.29, 1.82) is 0 Å². The van der Waals surface area contributed by atoms with Crippen LogP contribution in [-0.4, -0.2) is 58.1 Å². The number of amidine groups is 2. The van der Waals surface area contributed by atoms with Gasteiger partial charge >= 0.3 is 16.5 Å². The summed E-state index contributed by atoms with van der Waals surface area (Å²) in [6.07, 6.45) is 7.02. The number of likely N-dealkylation sites (tertiary alicyclic amines) is 2. The number of aliphatic imine (C=N–C) groups is 2. The van der Waals surface area contributed by atoms with E-state index in [1.807, 2.05) is 46.2 Å². The molecule has 0 atom stereocenters. The van der Waals surface area contributed by atoms with Crippen LogP contribution in [0, 0.1) is 0 Å². The van der Waals surface area contributed by atoms with Gasteiger partial charge in [-0.3, -0.25) is 9.59 Å². The summed E-state index contributed by atoms with van der Waals surface area (Å²) < 4.78 is 0. The number of piperidine rings is 2. The first-order valence-corrected chi connectivity index (χ1v) is 12.6. The molecule has 2 aliphatic rings. The van der Waals surface area contributed by atoms with Crippen molar-refractivity contribution >= 4 is 47.4 Å². The second-order valence-corrected chi connectivity index (χ2v) is 8.96. The Bertz CT molecular complexity index is 909. The van der Waals surface area contributed by atoms with Crippen LogP contribution in [-0.2, 0) is 41.7 Å². The predicted molar refractivity (Wildman–Crippen MR) is 142 cm³/mol. The van der Waals surface area contributed by atoms with Crippen LogP contribution in [0.25, 0.3) is 0 Å². The molecule has 0 bridgehead atoms. The van der Waals surface area contributed by atoms with Gasteiger partial charge in [0.15, 0.2) is 0 Å². The van der Waals surface area contributed by atoms with Crippen LogP contribution in [0.15, 0.2) is 70.6 Å². The second-order valence-electron chi connectivity index (χ2n) is 8.23. The molecule has 6 nitrogen and oxygen atoms in total. The molecule has 4 rings (SSSR count). The molecular weight excluding hydrogens is 523 g/mol. The van der Waals surface area contributed by atoms with Crippen LogP contribution in [0.3, 0.4) is 0 Å². The van der Waals surface area contributed by atoms with Crippen molar-refractivity contribution in [2.24, 2.45) is 9.98 Å². The topological polar surface area (TPSA) is 65.3 Å². The first kappa shape index (κ1) is 28.9. The van der Waals surface area contributed by atoms with Crippen LogP contribution in [0.2, 0.25) is 0 Å². The molecule has 2 heterocycles. The number of nitrogens with zero attached hydrogens (tertiary/aromatic N) is 4. The number of benzene rings is 2. The van der Waals surface area contributed by atoms with E-state index in [0.717, 1.165) is 51.9 Å². The summed E-state index contributed by atoms with van der Waals surface area (Å²) in [7, 11) is 0. The fraction of sp³-hybridized carbons (Fsp3) is 0.385. The maximum Gasteiger partial charge on any atom is 2.00 e. The zero-order valence-electron chi connectivity index (χ0n) is 19.6. The second kappa shape index (κ2) is 15.6. The van der Waals surface area contributed by atoms with E-state index in [-0.39, 0.29) is 28.3 Å². The van der Waals surface area contributed by atoms with E-state index in [2.05, 4.69) is 9.98 Å². The molecule has 0 aromatic heterocycles. The Balaban J connectivity index is 0.000000240. The molecule has 2 amide bonds. The third-order valence-electron chi connectivity index (χ3n) is 5.69. The summed E-state index contributed by atoms with van der Waals surface area (Å²) in [5, 5.41) is 0.858. The van der Waals surface area contributed by atoms with Crippen molar-refractivity contribution in [3.8, 4) is 0 Å². The Morgan fingerprint density at radius 3 is 1.20 bits per heavy atom. The maximum atomic E-state index is 11.8. The molecule has 0 aliphatic carbocycles. The largest absolute Gasteiger partial charge is 2.00 e. The Morgan fingerprint density at radius 2 is 0.886 bits per heavy atom. The van der Waals surface area contributed by atoms with E-state index in [0.29, 0.717) is 21.5 Å². The van der Waals surface area contributed by atoms with Crippen LogP contribution in [0.5, 0.6) is 0 Å². The molecule has 2 fully saturated rings. The van der Waals surface area contributed by atoms with Gasteiger partial charge in [-0.1, -0.05) is 36.4 Å². The molecule has 2 aromatic rings. The quantitative estimate of drug-likeness (QED) is 0.238. The van der Waals surface area contributed by atoms with Crippen molar-refractivity contribution in [3.05, 3.63) is 71.8 Å². The molecule has 2 aliphatic heterocycles. The Hall–Kier alpha value is -2.35. The van der Waals surface area contributed by atoms with E-state index in [1.165, 1.54) is 12.8 Å². The first-order valence-electron chi connectivity index (χ1n) is 11.7. The van der Waals surface area contributed by atoms with Crippen molar-refractivity contribution in [1.82, 2.24) is 9.80 Å². The molecule has 2 aromatic carbocycles. The average Bonchev–Trinajstić information content (AvgIpc) is 2.91. The molecule has 188 valence electrons. The molecule has 35 heavy (non-hydrogen) atoms. The van der Waals surface area contributed by atoms with Gasteiger partial charge in [0.25, 0.3) is 11.8 Å². The van der Waals surface area contributed by atoms with Gasteiger partial charge in [-0.05, 0) is 73.1 Å². The predicted octanol–water partition coefficient (Wildman–Crippen LogP) is 4.43. The zero-order chi connectivity index (χ0) is 24.2. The fourth-order valence-corrected chi connectivity index (χ4v) is 4.31. The summed E-state index contributed by atoms with van der Waals surface area (Å²) in [5.74, 6) is -0.498. The molecule has 0 unspecified atom stereocenters. The molecule has 2 saturated heterocycles. The average molecular weight is 553 g/mol. The van der Waals surface area contributed by atoms with Gasteiger partial charge in [-0.15, -0.1) is 0 Å². The van der Waals surface area contributed by atoms with Crippen LogP contribution >= 0.6 is 0 Å². The monoisotopic (exact) mass is 552 g/mol. The fourth-order valence-electron chi connectivity index (χ4n) is 3.78. The number of hydrogen-bond donors (Lipinski definition) is 0. The number of carbonyl (C=O) groups is 2. The summed E-state index contributed by atoms with van der Waals surface area (Å²) in [4.78, 5) is 35.6. The number of amides is 2. The van der Waals surface area contributed by atoms with Crippen LogP contribution in [0.4, 0.5) is 0 Å². The smallest absolute Gasteiger partial charge is 0.742 e. The van der Waals surface area contributed by atoms with Crippen molar-refractivity contribution < 1.29 is 26.1 Å². The van der Waals surface area contributed by atoms with Gasteiger partial charge in [0.2, 0.25) is 0 Å². The molecule has 0 spiro atoms. The van der Waals surface area contributed by atoms with Gasteiger partial charge in [0, 0.05) is 37.3 Å². The van der Waals surface area contributed by atoms with E-state index < -0.39 is 0 Å².